The molecule has 0 aromatic carbocycles. The minimum absolute atomic E-state index is 0.224. The zero-order valence-corrected chi connectivity index (χ0v) is 12.4. The summed E-state index contributed by atoms with van der Waals surface area (Å²) in [5, 5.41) is 3.83. The number of rotatable bonds is 6. The second-order valence-electron chi connectivity index (χ2n) is 6.69. The van der Waals surface area contributed by atoms with Crippen LogP contribution in [-0.2, 0) is 0 Å². The molecule has 0 heterocycles. The van der Waals surface area contributed by atoms with E-state index >= 15 is 0 Å². The minimum atomic E-state index is 0.224. The highest BCUT2D eigenvalue weighted by Crippen LogP contribution is 2.35. The highest BCUT2D eigenvalue weighted by atomic mass is 15.0. The average molecular weight is 240 g/mol. The van der Waals surface area contributed by atoms with Gasteiger partial charge in [-0.15, -0.1) is 0 Å². The van der Waals surface area contributed by atoms with Crippen LogP contribution in [0.15, 0.2) is 0 Å². The van der Waals surface area contributed by atoms with Crippen LogP contribution in [0.4, 0.5) is 0 Å². The molecule has 2 unspecified atom stereocenters. The summed E-state index contributed by atoms with van der Waals surface area (Å²) in [6.45, 7) is 13.6. The van der Waals surface area contributed by atoms with Crippen LogP contribution in [-0.4, -0.2) is 18.6 Å². The Morgan fingerprint density at radius 3 is 2.18 bits per heavy atom. The molecule has 0 bridgehead atoms. The van der Waals surface area contributed by atoms with Crippen molar-refractivity contribution in [2.24, 2.45) is 29.4 Å². The van der Waals surface area contributed by atoms with E-state index in [4.69, 9.17) is 5.73 Å². The third-order valence-corrected chi connectivity index (χ3v) is 4.97. The Hall–Kier alpha value is -0.0800. The monoisotopic (exact) mass is 240 g/mol. The second-order valence-corrected chi connectivity index (χ2v) is 6.69. The predicted octanol–water partition coefficient (Wildman–Crippen LogP) is 3.02. The molecule has 1 aliphatic rings. The zero-order valence-electron chi connectivity index (χ0n) is 12.4. The van der Waals surface area contributed by atoms with E-state index in [-0.39, 0.29) is 5.54 Å². The topological polar surface area (TPSA) is 38.0 Å². The van der Waals surface area contributed by atoms with Gasteiger partial charge in [0.2, 0.25) is 0 Å². The third-order valence-electron chi connectivity index (χ3n) is 4.97. The number of nitrogens with two attached hydrogens (primary N) is 1. The molecule has 3 N–H and O–H groups in total. The smallest absolute Gasteiger partial charge is 0.0329 e. The first-order valence-corrected chi connectivity index (χ1v) is 7.38. The van der Waals surface area contributed by atoms with Gasteiger partial charge < -0.3 is 11.1 Å². The second kappa shape index (κ2) is 6.19. The van der Waals surface area contributed by atoms with E-state index < -0.39 is 0 Å². The van der Waals surface area contributed by atoms with Crippen LogP contribution in [0, 0.1) is 23.7 Å². The van der Waals surface area contributed by atoms with Gasteiger partial charge in [-0.3, -0.25) is 0 Å². The van der Waals surface area contributed by atoms with E-state index in [0.29, 0.717) is 0 Å². The van der Waals surface area contributed by atoms with Crippen LogP contribution in [0.2, 0.25) is 0 Å². The summed E-state index contributed by atoms with van der Waals surface area (Å²) in [6, 6.07) is 0. The number of hydrogen-bond acceptors (Lipinski definition) is 2. The fraction of sp³-hybridized carbons (Fsp3) is 1.00. The fourth-order valence-electron chi connectivity index (χ4n) is 3.45. The van der Waals surface area contributed by atoms with Crippen LogP contribution >= 0.6 is 0 Å². The maximum atomic E-state index is 6.04. The van der Waals surface area contributed by atoms with Crippen molar-refractivity contribution in [3.05, 3.63) is 0 Å². The molecule has 0 amide bonds. The van der Waals surface area contributed by atoms with Crippen molar-refractivity contribution in [3.63, 3.8) is 0 Å². The zero-order chi connectivity index (χ0) is 13.1. The molecule has 17 heavy (non-hydrogen) atoms. The predicted molar refractivity (Wildman–Crippen MR) is 76.0 cm³/mol. The van der Waals surface area contributed by atoms with E-state index in [1.54, 1.807) is 0 Å². The molecule has 1 fully saturated rings. The summed E-state index contributed by atoms with van der Waals surface area (Å²) in [4.78, 5) is 0. The maximum absolute atomic E-state index is 6.04. The van der Waals surface area contributed by atoms with Crippen LogP contribution in [0.1, 0.15) is 53.9 Å². The van der Waals surface area contributed by atoms with Gasteiger partial charge in [0.15, 0.2) is 0 Å². The van der Waals surface area contributed by atoms with Crippen LogP contribution in [0.3, 0.4) is 0 Å². The van der Waals surface area contributed by atoms with Gasteiger partial charge in [0, 0.05) is 12.1 Å². The molecule has 1 saturated carbocycles. The first kappa shape index (κ1) is 15.0. The largest absolute Gasteiger partial charge is 0.329 e. The molecule has 2 atom stereocenters. The Bertz CT molecular complexity index is 217. The molecule has 0 saturated heterocycles. The van der Waals surface area contributed by atoms with Gasteiger partial charge in [-0.25, -0.2) is 0 Å². The molecular formula is C15H32N2. The van der Waals surface area contributed by atoms with Crippen molar-refractivity contribution in [2.75, 3.05) is 13.1 Å². The van der Waals surface area contributed by atoms with Crippen LogP contribution < -0.4 is 11.1 Å². The first-order chi connectivity index (χ1) is 7.93. The molecule has 0 radical (unpaired) electrons. The van der Waals surface area contributed by atoms with E-state index in [1.165, 1.54) is 19.3 Å². The molecule has 0 spiro atoms. The normalized spacial score (nSPS) is 29.8. The van der Waals surface area contributed by atoms with Gasteiger partial charge >= 0.3 is 0 Å². The van der Waals surface area contributed by atoms with Gasteiger partial charge in [-0.05, 0) is 43.1 Å². The van der Waals surface area contributed by atoms with Crippen molar-refractivity contribution in [1.82, 2.24) is 5.32 Å². The molecule has 2 nitrogen and oxygen atoms in total. The van der Waals surface area contributed by atoms with E-state index in [0.717, 1.165) is 36.8 Å². The van der Waals surface area contributed by atoms with Gasteiger partial charge in [-0.2, -0.15) is 0 Å². The standard InChI is InChI=1S/C15H32N2/c1-11(2)14(12(3)4)9-17-15(10-16)8-6-7-13(15)5/h11-14,17H,6-10,16H2,1-5H3. The summed E-state index contributed by atoms with van der Waals surface area (Å²) in [5.41, 5.74) is 6.26. The summed E-state index contributed by atoms with van der Waals surface area (Å²) in [7, 11) is 0. The highest BCUT2D eigenvalue weighted by molar-refractivity contribution is 4.98. The van der Waals surface area contributed by atoms with Crippen molar-refractivity contribution in [2.45, 2.75) is 59.4 Å². The van der Waals surface area contributed by atoms with Crippen LogP contribution in [0.25, 0.3) is 0 Å². The Labute approximate surface area is 108 Å². The molecule has 1 rings (SSSR count). The minimum Gasteiger partial charge on any atom is -0.329 e. The van der Waals surface area contributed by atoms with E-state index in [9.17, 15) is 0 Å². The summed E-state index contributed by atoms with van der Waals surface area (Å²) in [5.74, 6) is 2.97. The Balaban J connectivity index is 2.57. The molecular weight excluding hydrogens is 208 g/mol. The quantitative estimate of drug-likeness (QED) is 0.749. The van der Waals surface area contributed by atoms with E-state index in [1.807, 2.05) is 0 Å². The lowest BCUT2D eigenvalue weighted by Gasteiger charge is -2.37. The summed E-state index contributed by atoms with van der Waals surface area (Å²) >= 11 is 0. The average Bonchev–Trinajstić information content (AvgIpc) is 2.60. The first-order valence-electron chi connectivity index (χ1n) is 7.38. The van der Waals surface area contributed by atoms with Crippen molar-refractivity contribution >= 4 is 0 Å². The molecule has 0 aromatic rings. The van der Waals surface area contributed by atoms with Crippen molar-refractivity contribution in [1.29, 1.82) is 0 Å². The SMILES string of the molecule is CC(C)C(CNC1(CN)CCCC1C)C(C)C. The van der Waals surface area contributed by atoms with Crippen molar-refractivity contribution < 1.29 is 0 Å². The summed E-state index contributed by atoms with van der Waals surface area (Å²) in [6.07, 6.45) is 3.92. The number of hydrogen-bond donors (Lipinski definition) is 2. The Morgan fingerprint density at radius 1 is 1.24 bits per heavy atom. The molecule has 2 heteroatoms. The molecule has 1 aliphatic carbocycles. The van der Waals surface area contributed by atoms with Gasteiger partial charge in [0.25, 0.3) is 0 Å². The van der Waals surface area contributed by atoms with Crippen molar-refractivity contribution in [3.8, 4) is 0 Å². The van der Waals surface area contributed by atoms with Gasteiger partial charge in [-0.1, -0.05) is 41.0 Å². The third kappa shape index (κ3) is 3.45. The van der Waals surface area contributed by atoms with Gasteiger partial charge in [0.1, 0.15) is 0 Å². The Kier molecular flexibility index (Phi) is 5.46. The number of nitrogens with one attached hydrogen (secondary N) is 1. The lowest BCUT2D eigenvalue weighted by atomic mass is 9.83. The lowest BCUT2D eigenvalue weighted by molar-refractivity contribution is 0.205. The van der Waals surface area contributed by atoms with Gasteiger partial charge in [0.05, 0.1) is 0 Å². The maximum Gasteiger partial charge on any atom is 0.0329 e. The molecule has 102 valence electrons. The Morgan fingerprint density at radius 2 is 1.82 bits per heavy atom. The molecule has 0 aliphatic heterocycles. The summed E-state index contributed by atoms with van der Waals surface area (Å²) < 4.78 is 0. The fourth-order valence-corrected chi connectivity index (χ4v) is 3.45. The highest BCUT2D eigenvalue weighted by Gasteiger charge is 2.39. The van der Waals surface area contributed by atoms with E-state index in [2.05, 4.69) is 39.9 Å². The lowest BCUT2D eigenvalue weighted by Crippen LogP contribution is -2.55. The van der Waals surface area contributed by atoms with Crippen LogP contribution in [0.5, 0.6) is 0 Å². The molecule has 0 aromatic heterocycles.